The minimum absolute atomic E-state index is 0.216. The predicted molar refractivity (Wildman–Crippen MR) is 70.1 cm³/mol. The van der Waals surface area contributed by atoms with E-state index in [1.807, 2.05) is 13.0 Å². The highest BCUT2D eigenvalue weighted by molar-refractivity contribution is 5.71. The zero-order valence-corrected chi connectivity index (χ0v) is 12.0. The zero-order valence-electron chi connectivity index (χ0n) is 12.0. The quantitative estimate of drug-likeness (QED) is 0.475. The first-order valence-electron chi connectivity index (χ1n) is 6.70. The zero-order chi connectivity index (χ0) is 14.7. The maximum Gasteiger partial charge on any atom is 0.307 e. The number of rotatable bonds is 9. The van der Waals surface area contributed by atoms with Crippen LogP contribution >= 0.6 is 0 Å². The van der Waals surface area contributed by atoms with E-state index in [0.717, 1.165) is 12.8 Å². The van der Waals surface area contributed by atoms with Crippen molar-refractivity contribution in [3.8, 4) is 6.07 Å². The Bertz CT molecular complexity index is 331. The molecule has 0 rings (SSSR count). The van der Waals surface area contributed by atoms with Gasteiger partial charge in [-0.25, -0.2) is 0 Å². The molecule has 0 bridgehead atoms. The van der Waals surface area contributed by atoms with Crippen LogP contribution in [0.5, 0.6) is 0 Å². The standard InChI is InChI=1S/C14H23NO4/c1-4-5-10-18-12(16)8-6-7-9-13(17)19-14(2,3)11-15/h4-10H2,1-3H3. The van der Waals surface area contributed by atoms with Crippen molar-refractivity contribution in [2.24, 2.45) is 0 Å². The summed E-state index contributed by atoms with van der Waals surface area (Å²) >= 11 is 0. The predicted octanol–water partition coefficient (Wildman–Crippen LogP) is 2.74. The molecule has 0 aromatic rings. The summed E-state index contributed by atoms with van der Waals surface area (Å²) in [5, 5.41) is 8.70. The maximum atomic E-state index is 11.4. The van der Waals surface area contributed by atoms with E-state index in [2.05, 4.69) is 0 Å². The molecule has 0 fully saturated rings. The van der Waals surface area contributed by atoms with Crippen LogP contribution in [0, 0.1) is 11.3 Å². The molecule has 0 radical (unpaired) electrons. The van der Waals surface area contributed by atoms with Gasteiger partial charge in [0, 0.05) is 12.8 Å². The van der Waals surface area contributed by atoms with Gasteiger partial charge in [-0.3, -0.25) is 9.59 Å². The number of hydrogen-bond acceptors (Lipinski definition) is 5. The summed E-state index contributed by atoms with van der Waals surface area (Å²) in [6.45, 7) is 5.57. The molecular weight excluding hydrogens is 246 g/mol. The molecule has 0 heterocycles. The van der Waals surface area contributed by atoms with Crippen molar-refractivity contribution >= 4 is 11.9 Å². The van der Waals surface area contributed by atoms with Crippen LogP contribution in [0.15, 0.2) is 0 Å². The lowest BCUT2D eigenvalue weighted by molar-refractivity contribution is -0.152. The van der Waals surface area contributed by atoms with Crippen molar-refractivity contribution in [2.45, 2.75) is 64.9 Å². The first-order chi connectivity index (χ1) is 8.91. The van der Waals surface area contributed by atoms with Gasteiger partial charge in [0.05, 0.1) is 6.61 Å². The Hall–Kier alpha value is -1.57. The highest BCUT2D eigenvalue weighted by atomic mass is 16.6. The lowest BCUT2D eigenvalue weighted by atomic mass is 10.1. The molecule has 5 heteroatoms. The molecule has 108 valence electrons. The van der Waals surface area contributed by atoms with Crippen LogP contribution in [-0.4, -0.2) is 24.1 Å². The first kappa shape index (κ1) is 17.4. The molecule has 0 aromatic heterocycles. The Balaban J connectivity index is 3.62. The van der Waals surface area contributed by atoms with E-state index in [1.54, 1.807) is 0 Å². The summed E-state index contributed by atoms with van der Waals surface area (Å²) < 4.78 is 9.95. The summed E-state index contributed by atoms with van der Waals surface area (Å²) in [6, 6.07) is 1.89. The van der Waals surface area contributed by atoms with E-state index in [1.165, 1.54) is 13.8 Å². The third kappa shape index (κ3) is 10.1. The summed E-state index contributed by atoms with van der Waals surface area (Å²) in [7, 11) is 0. The summed E-state index contributed by atoms with van der Waals surface area (Å²) in [6.07, 6.45) is 3.55. The van der Waals surface area contributed by atoms with Crippen LogP contribution in [0.3, 0.4) is 0 Å². The fourth-order valence-corrected chi connectivity index (χ4v) is 1.30. The maximum absolute atomic E-state index is 11.4. The molecule has 0 N–H and O–H groups in total. The van der Waals surface area contributed by atoms with Crippen LogP contribution < -0.4 is 0 Å². The highest BCUT2D eigenvalue weighted by Gasteiger charge is 2.21. The number of hydrogen-bond donors (Lipinski definition) is 0. The van der Waals surface area contributed by atoms with Crippen molar-refractivity contribution in [1.82, 2.24) is 0 Å². The Labute approximate surface area is 114 Å². The second kappa shape index (κ2) is 9.37. The fraction of sp³-hybridized carbons (Fsp3) is 0.786. The third-order valence-electron chi connectivity index (χ3n) is 2.41. The molecule has 0 saturated heterocycles. The van der Waals surface area contributed by atoms with Crippen molar-refractivity contribution in [2.75, 3.05) is 6.61 Å². The summed E-state index contributed by atoms with van der Waals surface area (Å²) in [5.74, 6) is -0.634. The van der Waals surface area contributed by atoms with Crippen LogP contribution in [0.1, 0.15) is 59.3 Å². The van der Waals surface area contributed by atoms with E-state index in [-0.39, 0.29) is 12.4 Å². The second-order valence-corrected chi connectivity index (χ2v) is 4.88. The number of ether oxygens (including phenoxy) is 2. The SMILES string of the molecule is CCCCOC(=O)CCCCC(=O)OC(C)(C)C#N. The van der Waals surface area contributed by atoms with Gasteiger partial charge in [-0.05, 0) is 33.1 Å². The van der Waals surface area contributed by atoms with Crippen LogP contribution in [0.25, 0.3) is 0 Å². The molecule has 0 aliphatic heterocycles. The molecule has 0 aromatic carbocycles. The Morgan fingerprint density at radius 3 is 2.21 bits per heavy atom. The van der Waals surface area contributed by atoms with E-state index in [4.69, 9.17) is 14.7 Å². The van der Waals surface area contributed by atoms with E-state index < -0.39 is 11.6 Å². The van der Waals surface area contributed by atoms with Gasteiger partial charge in [-0.15, -0.1) is 0 Å². The molecule has 0 saturated carbocycles. The van der Waals surface area contributed by atoms with Gasteiger partial charge in [-0.2, -0.15) is 5.26 Å². The van der Waals surface area contributed by atoms with Gasteiger partial charge >= 0.3 is 11.9 Å². The minimum atomic E-state index is -1.09. The average molecular weight is 269 g/mol. The Kier molecular flexibility index (Phi) is 8.60. The number of nitrogens with zero attached hydrogens (tertiary/aromatic N) is 1. The van der Waals surface area contributed by atoms with Crippen molar-refractivity contribution < 1.29 is 19.1 Å². The molecule has 0 atom stereocenters. The van der Waals surface area contributed by atoms with Gasteiger partial charge < -0.3 is 9.47 Å². The van der Waals surface area contributed by atoms with Gasteiger partial charge in [0.2, 0.25) is 0 Å². The first-order valence-corrected chi connectivity index (χ1v) is 6.70. The smallest absolute Gasteiger partial charge is 0.307 e. The molecule has 19 heavy (non-hydrogen) atoms. The highest BCUT2D eigenvalue weighted by Crippen LogP contribution is 2.10. The number of unbranched alkanes of at least 4 members (excludes halogenated alkanes) is 2. The molecular formula is C14H23NO4. The van der Waals surface area contributed by atoms with Crippen LogP contribution in [0.2, 0.25) is 0 Å². The number of carbonyl (C=O) groups excluding carboxylic acids is 2. The number of nitriles is 1. The van der Waals surface area contributed by atoms with Gasteiger partial charge in [-0.1, -0.05) is 13.3 Å². The molecule has 0 aliphatic carbocycles. The van der Waals surface area contributed by atoms with Crippen molar-refractivity contribution in [3.05, 3.63) is 0 Å². The monoisotopic (exact) mass is 269 g/mol. The summed E-state index contributed by atoms with van der Waals surface area (Å²) in [5.41, 5.74) is -1.09. The van der Waals surface area contributed by atoms with Crippen LogP contribution in [-0.2, 0) is 19.1 Å². The lowest BCUT2D eigenvalue weighted by Crippen LogP contribution is -2.25. The molecule has 0 unspecified atom stereocenters. The minimum Gasteiger partial charge on any atom is -0.466 e. The largest absolute Gasteiger partial charge is 0.466 e. The molecule has 0 spiro atoms. The number of carbonyl (C=O) groups is 2. The average Bonchev–Trinajstić information content (AvgIpc) is 2.34. The fourth-order valence-electron chi connectivity index (χ4n) is 1.30. The van der Waals surface area contributed by atoms with E-state index in [9.17, 15) is 9.59 Å². The normalized spacial score (nSPS) is 10.6. The number of esters is 2. The lowest BCUT2D eigenvalue weighted by Gasteiger charge is -2.16. The topological polar surface area (TPSA) is 76.4 Å². The Morgan fingerprint density at radius 2 is 1.68 bits per heavy atom. The van der Waals surface area contributed by atoms with Gasteiger partial charge in [0.1, 0.15) is 6.07 Å². The molecule has 0 amide bonds. The van der Waals surface area contributed by atoms with Crippen molar-refractivity contribution in [1.29, 1.82) is 5.26 Å². The van der Waals surface area contributed by atoms with Gasteiger partial charge in [0.15, 0.2) is 5.60 Å². The van der Waals surface area contributed by atoms with Crippen molar-refractivity contribution in [3.63, 3.8) is 0 Å². The van der Waals surface area contributed by atoms with Crippen LogP contribution in [0.4, 0.5) is 0 Å². The molecule has 0 aliphatic rings. The molecule has 5 nitrogen and oxygen atoms in total. The summed E-state index contributed by atoms with van der Waals surface area (Å²) in [4.78, 5) is 22.6. The van der Waals surface area contributed by atoms with E-state index in [0.29, 0.717) is 25.9 Å². The second-order valence-electron chi connectivity index (χ2n) is 4.88. The van der Waals surface area contributed by atoms with E-state index >= 15 is 0 Å². The van der Waals surface area contributed by atoms with Gasteiger partial charge in [0.25, 0.3) is 0 Å². The third-order valence-corrected chi connectivity index (χ3v) is 2.41. The Morgan fingerprint density at radius 1 is 1.11 bits per heavy atom.